The normalized spacial score (nSPS) is 14.7. The van der Waals surface area contributed by atoms with Crippen molar-refractivity contribution in [3.8, 4) is 0 Å². The molecule has 1 aromatic heterocycles. The lowest BCUT2D eigenvalue weighted by molar-refractivity contribution is 0.122. The smallest absolute Gasteiger partial charge is 0.212 e. The van der Waals surface area contributed by atoms with E-state index in [0.717, 1.165) is 5.56 Å². The fourth-order valence-corrected chi connectivity index (χ4v) is 3.75. The number of hydrogen-bond donors (Lipinski definition) is 1. The highest BCUT2D eigenvalue weighted by atomic mass is 32.2. The van der Waals surface area contributed by atoms with Gasteiger partial charge < -0.3 is 9.47 Å². The third-order valence-electron chi connectivity index (χ3n) is 3.13. The summed E-state index contributed by atoms with van der Waals surface area (Å²) < 4.78 is 37.7. The van der Waals surface area contributed by atoms with Crippen LogP contribution in [0.1, 0.15) is 31.9 Å². The van der Waals surface area contributed by atoms with E-state index in [0.29, 0.717) is 26.2 Å². The van der Waals surface area contributed by atoms with E-state index in [1.54, 1.807) is 25.6 Å². The zero-order chi connectivity index (χ0) is 16.4. The molecule has 6 nitrogen and oxygen atoms in total. The van der Waals surface area contributed by atoms with Gasteiger partial charge in [0, 0.05) is 32.7 Å². The van der Waals surface area contributed by atoms with E-state index in [-0.39, 0.29) is 17.7 Å². The molecule has 0 aliphatic heterocycles. The van der Waals surface area contributed by atoms with Crippen LogP contribution < -0.4 is 4.72 Å². The van der Waals surface area contributed by atoms with Crippen LogP contribution in [0.15, 0.2) is 24.5 Å². The van der Waals surface area contributed by atoms with E-state index >= 15 is 0 Å². The highest BCUT2D eigenvalue weighted by Gasteiger charge is 2.22. The minimum Gasteiger partial charge on any atom is -0.385 e. The minimum absolute atomic E-state index is 0.0384. The van der Waals surface area contributed by atoms with Gasteiger partial charge in [0.05, 0.1) is 18.4 Å². The predicted molar refractivity (Wildman–Crippen MR) is 86.1 cm³/mol. The van der Waals surface area contributed by atoms with Crippen molar-refractivity contribution < 1.29 is 17.9 Å². The van der Waals surface area contributed by atoms with Crippen molar-refractivity contribution in [1.29, 1.82) is 0 Å². The Balaban J connectivity index is 2.71. The van der Waals surface area contributed by atoms with Crippen LogP contribution in [0.3, 0.4) is 0 Å². The van der Waals surface area contributed by atoms with E-state index in [1.165, 1.54) is 0 Å². The number of aromatic nitrogens is 1. The highest BCUT2D eigenvalue weighted by molar-refractivity contribution is 7.89. The zero-order valence-electron chi connectivity index (χ0n) is 13.5. The lowest BCUT2D eigenvalue weighted by Gasteiger charge is -2.20. The average Bonchev–Trinajstić information content (AvgIpc) is 2.49. The van der Waals surface area contributed by atoms with Crippen molar-refractivity contribution in [2.75, 3.05) is 32.7 Å². The summed E-state index contributed by atoms with van der Waals surface area (Å²) in [5.41, 5.74) is 0.834. The number of nitrogens with zero attached hydrogens (tertiary/aromatic N) is 1. The first-order chi connectivity index (χ1) is 10.5. The van der Waals surface area contributed by atoms with Gasteiger partial charge in [-0.25, -0.2) is 13.1 Å². The Morgan fingerprint density at radius 3 is 2.77 bits per heavy atom. The molecule has 1 N–H and O–H groups in total. The Labute approximate surface area is 133 Å². The molecule has 1 rings (SSSR count). The molecule has 0 bridgehead atoms. The molecule has 22 heavy (non-hydrogen) atoms. The lowest BCUT2D eigenvalue weighted by Crippen LogP contribution is -2.34. The maximum absolute atomic E-state index is 12.3. The maximum atomic E-state index is 12.3. The van der Waals surface area contributed by atoms with Gasteiger partial charge in [0.1, 0.15) is 0 Å². The standard InChI is InChI=1S/C15H26N2O4S/c1-4-21-11-13(2)12-22(18,19)17-15(7-9-20-3)14-6-5-8-16-10-14/h5-6,8,10,13,15,17H,4,7,9,11-12H2,1-3H3. The lowest BCUT2D eigenvalue weighted by atomic mass is 10.1. The summed E-state index contributed by atoms with van der Waals surface area (Å²) in [6.07, 6.45) is 3.89. The first-order valence-corrected chi connectivity index (χ1v) is 9.10. The maximum Gasteiger partial charge on any atom is 0.212 e. The summed E-state index contributed by atoms with van der Waals surface area (Å²) in [6.45, 7) is 5.25. The van der Waals surface area contributed by atoms with Crippen molar-refractivity contribution in [3.05, 3.63) is 30.1 Å². The van der Waals surface area contributed by atoms with Crippen molar-refractivity contribution in [3.63, 3.8) is 0 Å². The Hall–Kier alpha value is -1.02. The van der Waals surface area contributed by atoms with Gasteiger partial charge in [-0.3, -0.25) is 4.98 Å². The summed E-state index contributed by atoms with van der Waals surface area (Å²) in [5.74, 6) is -0.0223. The van der Waals surface area contributed by atoms with E-state index in [2.05, 4.69) is 9.71 Å². The van der Waals surface area contributed by atoms with Gasteiger partial charge in [0.25, 0.3) is 0 Å². The van der Waals surface area contributed by atoms with Crippen LogP contribution in [-0.2, 0) is 19.5 Å². The third kappa shape index (κ3) is 7.31. The Kier molecular flexibility index (Phi) is 8.55. The van der Waals surface area contributed by atoms with Gasteiger partial charge in [0.2, 0.25) is 10.0 Å². The molecule has 0 amide bonds. The number of ether oxygens (including phenoxy) is 2. The number of rotatable bonds is 11. The molecular formula is C15H26N2O4S. The molecule has 0 spiro atoms. The van der Waals surface area contributed by atoms with E-state index in [4.69, 9.17) is 9.47 Å². The number of methoxy groups -OCH3 is 1. The molecule has 7 heteroatoms. The van der Waals surface area contributed by atoms with Crippen molar-refractivity contribution >= 4 is 10.0 Å². The third-order valence-corrected chi connectivity index (χ3v) is 4.78. The molecule has 0 aliphatic carbocycles. The van der Waals surface area contributed by atoms with Crippen LogP contribution in [0.25, 0.3) is 0 Å². The second kappa shape index (κ2) is 9.89. The Morgan fingerprint density at radius 1 is 1.41 bits per heavy atom. The molecule has 0 aliphatic rings. The molecule has 2 atom stereocenters. The number of pyridine rings is 1. The number of nitrogens with one attached hydrogen (secondary N) is 1. The summed E-state index contributed by atoms with van der Waals surface area (Å²) in [4.78, 5) is 4.05. The summed E-state index contributed by atoms with van der Waals surface area (Å²) in [7, 11) is -1.81. The van der Waals surface area contributed by atoms with Crippen LogP contribution in [0.4, 0.5) is 0 Å². The second-order valence-electron chi connectivity index (χ2n) is 5.28. The monoisotopic (exact) mass is 330 g/mol. The SMILES string of the molecule is CCOCC(C)CS(=O)(=O)NC(CCOC)c1cccnc1. The minimum atomic E-state index is -3.40. The molecule has 126 valence electrons. The predicted octanol–water partition coefficient (Wildman–Crippen LogP) is 1.75. The summed E-state index contributed by atoms with van der Waals surface area (Å²) >= 11 is 0. The van der Waals surface area contributed by atoms with Crippen molar-refractivity contribution in [2.45, 2.75) is 26.3 Å². The van der Waals surface area contributed by atoms with Crippen LogP contribution in [0.5, 0.6) is 0 Å². The quantitative estimate of drug-likeness (QED) is 0.669. The van der Waals surface area contributed by atoms with Crippen LogP contribution in [-0.4, -0.2) is 46.1 Å². The average molecular weight is 330 g/mol. The summed E-state index contributed by atoms with van der Waals surface area (Å²) in [5, 5.41) is 0. The van der Waals surface area contributed by atoms with Gasteiger partial charge in [0.15, 0.2) is 0 Å². The van der Waals surface area contributed by atoms with E-state index < -0.39 is 10.0 Å². The van der Waals surface area contributed by atoms with Gasteiger partial charge in [-0.1, -0.05) is 13.0 Å². The Bertz CT molecular complexity index is 508. The second-order valence-corrected chi connectivity index (χ2v) is 7.08. The molecule has 0 saturated carbocycles. The largest absolute Gasteiger partial charge is 0.385 e. The van der Waals surface area contributed by atoms with Gasteiger partial charge in [-0.15, -0.1) is 0 Å². The van der Waals surface area contributed by atoms with E-state index in [1.807, 2.05) is 19.9 Å². The first kappa shape index (κ1) is 19.0. The fraction of sp³-hybridized carbons (Fsp3) is 0.667. The molecule has 1 heterocycles. The molecular weight excluding hydrogens is 304 g/mol. The summed E-state index contributed by atoms with van der Waals surface area (Å²) in [6, 6.07) is 3.32. The van der Waals surface area contributed by atoms with Crippen LogP contribution in [0, 0.1) is 5.92 Å². The van der Waals surface area contributed by atoms with Crippen molar-refractivity contribution in [2.24, 2.45) is 5.92 Å². The number of hydrogen-bond acceptors (Lipinski definition) is 5. The first-order valence-electron chi connectivity index (χ1n) is 7.45. The van der Waals surface area contributed by atoms with Crippen LogP contribution >= 0.6 is 0 Å². The Morgan fingerprint density at radius 2 is 2.18 bits per heavy atom. The van der Waals surface area contributed by atoms with Gasteiger partial charge in [-0.2, -0.15) is 0 Å². The molecule has 2 unspecified atom stereocenters. The van der Waals surface area contributed by atoms with Gasteiger partial charge >= 0.3 is 0 Å². The molecule has 0 saturated heterocycles. The molecule has 0 radical (unpaired) electrons. The molecule has 0 fully saturated rings. The van der Waals surface area contributed by atoms with E-state index in [9.17, 15) is 8.42 Å². The van der Waals surface area contributed by atoms with Gasteiger partial charge in [-0.05, 0) is 30.9 Å². The molecule has 1 aromatic rings. The van der Waals surface area contributed by atoms with Crippen molar-refractivity contribution in [1.82, 2.24) is 9.71 Å². The molecule has 0 aromatic carbocycles. The topological polar surface area (TPSA) is 77.5 Å². The highest BCUT2D eigenvalue weighted by Crippen LogP contribution is 2.17. The van der Waals surface area contributed by atoms with Crippen LogP contribution in [0.2, 0.25) is 0 Å². The fourth-order valence-electron chi connectivity index (χ4n) is 2.12. The zero-order valence-corrected chi connectivity index (χ0v) is 14.3. The number of sulfonamides is 1.